The Hall–Kier alpha value is -0.495. The highest BCUT2D eigenvalue weighted by Gasteiger charge is 2.20. The van der Waals surface area contributed by atoms with E-state index in [1.807, 2.05) is 0 Å². The minimum absolute atomic E-state index is 0.0478. The van der Waals surface area contributed by atoms with Crippen molar-refractivity contribution >= 4 is 7.25 Å². The molecule has 0 rings (SSSR count). The molecule has 0 aromatic rings. The van der Waals surface area contributed by atoms with Crippen molar-refractivity contribution in [2.45, 2.75) is 0 Å². The Bertz CT molecular complexity index is 152. The third-order valence-electron chi connectivity index (χ3n) is 0.934. The largest absolute Gasteiger partial charge is 0.673 e. The normalized spacial score (nSPS) is 11.3. The molecule has 4 N–H and O–H groups in total. The summed E-state index contributed by atoms with van der Waals surface area (Å²) in [6, 6.07) is 0. The summed E-state index contributed by atoms with van der Waals surface area (Å²) in [5.41, 5.74) is 0. The zero-order valence-electron chi connectivity index (χ0n) is 9.40. The van der Waals surface area contributed by atoms with E-state index in [1.165, 1.54) is 0 Å². The van der Waals surface area contributed by atoms with Crippen molar-refractivity contribution in [2.75, 3.05) is 39.6 Å². The quantitative estimate of drug-likeness (QED) is 0.221. The predicted octanol–water partition coefficient (Wildman–Crippen LogP) is -2.06. The van der Waals surface area contributed by atoms with Crippen LogP contribution in [0.5, 0.6) is 0 Å². The number of hydrogen-bond acceptors (Lipinski definition) is 6. The molecule has 0 amide bonds. The molecule has 0 heterocycles. The molecule has 7 nitrogen and oxygen atoms in total. The van der Waals surface area contributed by atoms with E-state index in [0.717, 1.165) is 0 Å². The lowest BCUT2D eigenvalue weighted by Gasteiger charge is -2.11. The average molecular weight is 285 g/mol. The Kier molecular flexibility index (Phi) is 14.3. The Morgan fingerprint density at radius 1 is 0.722 bits per heavy atom. The van der Waals surface area contributed by atoms with Crippen molar-refractivity contribution in [3.8, 4) is 0 Å². The molecule has 0 fully saturated rings. The van der Waals surface area contributed by atoms with Crippen LogP contribution < -0.4 is 5.39 Å². The van der Waals surface area contributed by atoms with Crippen LogP contribution in [-0.4, -0.2) is 62.2 Å². The third-order valence-corrected chi connectivity index (χ3v) is 0.934. The number of halogens is 4. The van der Waals surface area contributed by atoms with Gasteiger partial charge in [0.1, 0.15) is 19.8 Å². The Morgan fingerprint density at radius 3 is 1.11 bits per heavy atom. The van der Waals surface area contributed by atoms with Crippen LogP contribution in [-0.2, 0) is 14.5 Å². The second-order valence-electron chi connectivity index (χ2n) is 2.46. The Balaban J connectivity index is 0. The van der Waals surface area contributed by atoms with Gasteiger partial charge in [-0.1, -0.05) is 0 Å². The molecule has 0 spiro atoms. The average Bonchev–Trinajstić information content (AvgIpc) is 2.26. The van der Waals surface area contributed by atoms with Gasteiger partial charge in [0.2, 0.25) is 0 Å². The van der Waals surface area contributed by atoms with Crippen molar-refractivity contribution < 1.29 is 52.5 Å². The first-order valence-electron chi connectivity index (χ1n) is 4.80. The maximum Gasteiger partial charge on any atom is 0.673 e. The molecule has 0 aliphatic carbocycles. The summed E-state index contributed by atoms with van der Waals surface area (Å²) in [6.45, 7) is -0.331. The summed E-state index contributed by atoms with van der Waals surface area (Å²) in [5, 5.41) is 25.1. The van der Waals surface area contributed by atoms with Gasteiger partial charge in [-0.2, -0.15) is 0 Å². The number of hydrogen-bond donors (Lipinski definition) is 4. The van der Waals surface area contributed by atoms with Crippen LogP contribution in [0.4, 0.5) is 17.3 Å². The smallest absolute Gasteiger partial charge is 0.418 e. The lowest BCUT2D eigenvalue weighted by atomic mass is 10.3. The molecule has 0 unspecified atom stereocenters. The van der Waals surface area contributed by atoms with Crippen molar-refractivity contribution in [2.24, 2.45) is 0 Å². The molecule has 0 aliphatic heterocycles. The molecule has 0 aromatic heterocycles. The molecule has 0 aliphatic rings. The number of rotatable bonds is 9. The summed E-state index contributed by atoms with van der Waals surface area (Å²) in [7, 11) is -6.00. The zero-order valence-corrected chi connectivity index (χ0v) is 9.40. The van der Waals surface area contributed by atoms with E-state index in [-0.39, 0.29) is 45.0 Å². The first-order valence-corrected chi connectivity index (χ1v) is 4.80. The molecule has 12 heteroatoms. The van der Waals surface area contributed by atoms with Gasteiger partial charge in [0.15, 0.2) is 0 Å². The topological polar surface area (TPSA) is 92.8 Å². The molecule has 0 bridgehead atoms. The minimum Gasteiger partial charge on any atom is -0.418 e. The Labute approximate surface area is 100 Å². The summed E-state index contributed by atoms with van der Waals surface area (Å²) in [6.07, 6.45) is 0. The maximum atomic E-state index is 9.75. The molecule has 0 saturated carbocycles. The van der Waals surface area contributed by atoms with E-state index in [0.29, 0.717) is 0 Å². The van der Waals surface area contributed by atoms with Crippen molar-refractivity contribution in [3.63, 3.8) is 0 Å². The van der Waals surface area contributed by atoms with Gasteiger partial charge in [0.05, 0.1) is 25.2 Å². The van der Waals surface area contributed by atoms with Crippen LogP contribution in [0.1, 0.15) is 0 Å². The summed E-state index contributed by atoms with van der Waals surface area (Å²) in [5.74, 6) is 0. The molecule has 0 saturated heterocycles. The molecular weight excluding hydrogens is 269 g/mol. The highest BCUT2D eigenvalue weighted by Crippen LogP contribution is 2.06. The lowest BCUT2D eigenvalue weighted by molar-refractivity contribution is -1.37. The second kappa shape index (κ2) is 12.9. The first kappa shape index (κ1) is 19.8. The van der Waals surface area contributed by atoms with E-state index < -0.39 is 7.25 Å². The fourth-order valence-corrected chi connectivity index (χ4v) is 0.512. The van der Waals surface area contributed by atoms with E-state index in [9.17, 15) is 17.3 Å². The van der Waals surface area contributed by atoms with Crippen LogP contribution in [0.3, 0.4) is 0 Å². The maximum absolute atomic E-state index is 9.75. The third kappa shape index (κ3) is 24.6. The molecule has 18 heavy (non-hydrogen) atoms. The van der Waals surface area contributed by atoms with Crippen LogP contribution in [0.2, 0.25) is 0 Å². The molecular formula is C6H16BF4NO6. The Morgan fingerprint density at radius 2 is 0.944 bits per heavy atom. The number of aliphatic hydroxyl groups excluding tert-OH is 3. The van der Waals surface area contributed by atoms with Gasteiger partial charge in [0.25, 0.3) is 0 Å². The molecule has 0 radical (unpaired) electrons. The minimum atomic E-state index is -6.00. The zero-order chi connectivity index (χ0) is 14.4. The second-order valence-corrected chi connectivity index (χ2v) is 2.46. The lowest BCUT2D eigenvalue weighted by Crippen LogP contribution is -3.09. The summed E-state index contributed by atoms with van der Waals surface area (Å²) >= 11 is 0. The fourth-order valence-electron chi connectivity index (χ4n) is 0.512. The highest BCUT2D eigenvalue weighted by atomic mass is 19.5. The SMILES string of the molecule is F[B-](F)(F)F.OCCO[NH+](OCCO)OCCO. The fraction of sp³-hybridized carbons (Fsp3) is 1.00. The van der Waals surface area contributed by atoms with Crippen LogP contribution >= 0.6 is 0 Å². The predicted molar refractivity (Wildman–Crippen MR) is 50.3 cm³/mol. The van der Waals surface area contributed by atoms with Gasteiger partial charge >= 0.3 is 7.25 Å². The van der Waals surface area contributed by atoms with Crippen molar-refractivity contribution in [1.82, 2.24) is 0 Å². The first-order chi connectivity index (χ1) is 8.35. The molecule has 112 valence electrons. The monoisotopic (exact) mass is 285 g/mol. The summed E-state index contributed by atoms with van der Waals surface area (Å²) in [4.78, 5) is 14.4. The van der Waals surface area contributed by atoms with Gasteiger partial charge in [-0.05, 0) is 0 Å². The van der Waals surface area contributed by atoms with E-state index in [1.54, 1.807) is 0 Å². The molecule has 0 aromatic carbocycles. The van der Waals surface area contributed by atoms with Gasteiger partial charge in [-0.25, -0.2) is 0 Å². The van der Waals surface area contributed by atoms with Crippen LogP contribution in [0, 0.1) is 0 Å². The number of aliphatic hydroxyl groups is 3. The van der Waals surface area contributed by atoms with Gasteiger partial charge in [-0.3, -0.25) is 0 Å². The van der Waals surface area contributed by atoms with Gasteiger partial charge in [-0.15, -0.1) is 14.5 Å². The summed E-state index contributed by atoms with van der Waals surface area (Å²) < 4.78 is 39.0. The van der Waals surface area contributed by atoms with Crippen molar-refractivity contribution in [3.05, 3.63) is 0 Å². The number of quaternary nitrogens is 1. The van der Waals surface area contributed by atoms with E-state index in [4.69, 9.17) is 29.8 Å². The van der Waals surface area contributed by atoms with E-state index >= 15 is 0 Å². The number of nitrogens with one attached hydrogen (secondary N) is 1. The van der Waals surface area contributed by atoms with Gasteiger partial charge < -0.3 is 32.6 Å². The van der Waals surface area contributed by atoms with Crippen LogP contribution in [0.15, 0.2) is 0 Å². The standard InChI is InChI=1S/C6H16NO6.BF4/c8-1-4-11-7(12-5-2-9)13-6-3-10;2-1(3,4)5/h7-10H,1-6H2;/q+1;-1. The van der Waals surface area contributed by atoms with Crippen molar-refractivity contribution in [1.29, 1.82) is 0 Å². The molecule has 0 atom stereocenters. The highest BCUT2D eigenvalue weighted by molar-refractivity contribution is 6.50. The van der Waals surface area contributed by atoms with Crippen LogP contribution in [0.25, 0.3) is 0 Å². The van der Waals surface area contributed by atoms with E-state index in [2.05, 4.69) is 0 Å². The van der Waals surface area contributed by atoms with Gasteiger partial charge in [0, 0.05) is 0 Å².